The molecule has 2 aliphatic rings. The van der Waals surface area contributed by atoms with Crippen molar-refractivity contribution in [2.24, 2.45) is 0 Å². The van der Waals surface area contributed by atoms with E-state index in [1.165, 1.54) is 49.1 Å². The first-order valence-corrected chi connectivity index (χ1v) is 7.65. The quantitative estimate of drug-likeness (QED) is 0.808. The van der Waals surface area contributed by atoms with Crippen molar-refractivity contribution in [2.75, 3.05) is 5.73 Å². The Morgan fingerprint density at radius 1 is 1.10 bits per heavy atom. The molecule has 0 spiro atoms. The van der Waals surface area contributed by atoms with Crippen molar-refractivity contribution >= 4 is 5.69 Å². The van der Waals surface area contributed by atoms with Gasteiger partial charge in [-0.15, -0.1) is 10.2 Å². The normalized spacial score (nSPS) is 18.6. The molecule has 4 nitrogen and oxygen atoms in total. The fourth-order valence-electron chi connectivity index (χ4n) is 3.65. The van der Waals surface area contributed by atoms with Crippen LogP contribution in [-0.2, 0) is 13.0 Å². The van der Waals surface area contributed by atoms with Crippen LogP contribution >= 0.6 is 0 Å². The molecule has 0 atom stereocenters. The van der Waals surface area contributed by atoms with Gasteiger partial charge in [-0.25, -0.2) is 0 Å². The molecule has 0 bridgehead atoms. The number of nitrogens with zero attached hydrogens (tertiary/aromatic N) is 3. The first-order valence-electron chi connectivity index (χ1n) is 7.65. The second-order valence-corrected chi connectivity index (χ2v) is 6.03. The van der Waals surface area contributed by atoms with Crippen LogP contribution in [0.5, 0.6) is 0 Å². The Labute approximate surface area is 119 Å². The highest BCUT2D eigenvalue weighted by atomic mass is 15.3. The maximum atomic E-state index is 5.93. The lowest BCUT2D eigenvalue weighted by molar-refractivity contribution is 0.414. The van der Waals surface area contributed by atoms with Gasteiger partial charge in [-0.05, 0) is 37.0 Å². The zero-order valence-corrected chi connectivity index (χ0v) is 11.7. The number of nitrogen functional groups attached to an aromatic ring is 1. The van der Waals surface area contributed by atoms with E-state index in [-0.39, 0.29) is 0 Å². The van der Waals surface area contributed by atoms with Crippen LogP contribution in [0, 0.1) is 0 Å². The van der Waals surface area contributed by atoms with Gasteiger partial charge in [-0.2, -0.15) is 0 Å². The summed E-state index contributed by atoms with van der Waals surface area (Å²) < 4.78 is 2.33. The molecule has 1 saturated carbocycles. The minimum Gasteiger partial charge on any atom is -0.399 e. The van der Waals surface area contributed by atoms with Crippen LogP contribution in [0.25, 0.3) is 11.4 Å². The second-order valence-electron chi connectivity index (χ2n) is 6.03. The Hall–Kier alpha value is -1.84. The summed E-state index contributed by atoms with van der Waals surface area (Å²) in [6, 6.07) is 6.15. The summed E-state index contributed by atoms with van der Waals surface area (Å²) in [6.07, 6.45) is 7.62. The van der Waals surface area contributed by atoms with Crippen molar-refractivity contribution < 1.29 is 0 Å². The molecule has 1 aromatic heterocycles. The smallest absolute Gasteiger partial charge is 0.164 e. The number of nitrogens with two attached hydrogens (primary N) is 1. The lowest BCUT2D eigenvalue weighted by Crippen LogP contribution is -2.17. The molecule has 1 aliphatic carbocycles. The number of anilines is 1. The van der Waals surface area contributed by atoms with E-state index in [1.807, 2.05) is 12.1 Å². The van der Waals surface area contributed by atoms with Gasteiger partial charge in [-0.3, -0.25) is 0 Å². The molecule has 104 valence electrons. The molecule has 2 heterocycles. The highest BCUT2D eigenvalue weighted by molar-refractivity contribution is 5.67. The van der Waals surface area contributed by atoms with Crippen molar-refractivity contribution in [1.82, 2.24) is 14.8 Å². The van der Waals surface area contributed by atoms with E-state index in [0.717, 1.165) is 24.5 Å². The SMILES string of the molecule is Nc1ccc2c(c1)-c1nnc(C3CCCCC3)n1CC2. The molecule has 2 N–H and O–H groups in total. The molecular formula is C16H20N4. The van der Waals surface area contributed by atoms with Crippen LogP contribution < -0.4 is 5.73 Å². The molecule has 1 aromatic carbocycles. The molecule has 0 radical (unpaired) electrons. The third-order valence-corrected chi connectivity index (χ3v) is 4.73. The minimum absolute atomic E-state index is 0.604. The van der Waals surface area contributed by atoms with Gasteiger partial charge < -0.3 is 10.3 Å². The molecular weight excluding hydrogens is 248 g/mol. The Bertz CT molecular complexity index is 638. The number of rotatable bonds is 1. The number of benzene rings is 1. The third-order valence-electron chi connectivity index (χ3n) is 4.73. The number of hydrogen-bond donors (Lipinski definition) is 1. The van der Waals surface area contributed by atoms with Gasteiger partial charge in [0, 0.05) is 23.7 Å². The maximum Gasteiger partial charge on any atom is 0.164 e. The van der Waals surface area contributed by atoms with Crippen molar-refractivity contribution in [3.63, 3.8) is 0 Å². The predicted molar refractivity (Wildman–Crippen MR) is 79.4 cm³/mol. The highest BCUT2D eigenvalue weighted by Gasteiger charge is 2.26. The molecule has 4 heteroatoms. The van der Waals surface area contributed by atoms with Crippen LogP contribution in [0.2, 0.25) is 0 Å². The summed E-state index contributed by atoms with van der Waals surface area (Å²) >= 11 is 0. The highest BCUT2D eigenvalue weighted by Crippen LogP contribution is 2.36. The average Bonchev–Trinajstić information content (AvgIpc) is 2.92. The Kier molecular flexibility index (Phi) is 2.76. The zero-order valence-electron chi connectivity index (χ0n) is 11.7. The fraction of sp³-hybridized carbons (Fsp3) is 0.500. The van der Waals surface area contributed by atoms with Gasteiger partial charge >= 0.3 is 0 Å². The first-order chi connectivity index (χ1) is 9.83. The van der Waals surface area contributed by atoms with Crippen LogP contribution in [0.4, 0.5) is 5.69 Å². The van der Waals surface area contributed by atoms with Crippen molar-refractivity contribution in [2.45, 2.75) is 51.0 Å². The Morgan fingerprint density at radius 3 is 2.80 bits per heavy atom. The van der Waals surface area contributed by atoms with E-state index in [9.17, 15) is 0 Å². The van der Waals surface area contributed by atoms with Crippen LogP contribution in [-0.4, -0.2) is 14.8 Å². The number of hydrogen-bond acceptors (Lipinski definition) is 3. The monoisotopic (exact) mass is 268 g/mol. The summed E-state index contributed by atoms with van der Waals surface area (Å²) in [5.74, 6) is 2.82. The maximum absolute atomic E-state index is 5.93. The Morgan fingerprint density at radius 2 is 1.95 bits per heavy atom. The predicted octanol–water partition coefficient (Wildman–Crippen LogP) is 3.13. The fourth-order valence-corrected chi connectivity index (χ4v) is 3.65. The topological polar surface area (TPSA) is 56.7 Å². The third kappa shape index (κ3) is 1.82. The summed E-state index contributed by atoms with van der Waals surface area (Å²) in [5.41, 5.74) is 9.25. The van der Waals surface area contributed by atoms with Gasteiger partial charge in [0.1, 0.15) is 5.82 Å². The molecule has 0 amide bonds. The van der Waals surface area contributed by atoms with E-state index >= 15 is 0 Å². The van der Waals surface area contributed by atoms with Crippen LogP contribution in [0.15, 0.2) is 18.2 Å². The Balaban J connectivity index is 1.77. The van der Waals surface area contributed by atoms with Crippen LogP contribution in [0.3, 0.4) is 0 Å². The molecule has 2 aromatic rings. The lowest BCUT2D eigenvalue weighted by atomic mass is 9.88. The molecule has 0 saturated heterocycles. The average molecular weight is 268 g/mol. The second kappa shape index (κ2) is 4.62. The van der Waals surface area contributed by atoms with Crippen molar-refractivity contribution in [3.05, 3.63) is 29.6 Å². The van der Waals surface area contributed by atoms with E-state index in [2.05, 4.69) is 20.8 Å². The molecule has 20 heavy (non-hydrogen) atoms. The number of fused-ring (bicyclic) bond motifs is 3. The molecule has 0 unspecified atom stereocenters. The minimum atomic E-state index is 0.604. The van der Waals surface area contributed by atoms with Gasteiger partial charge in [0.05, 0.1) is 0 Å². The molecule has 1 fully saturated rings. The van der Waals surface area contributed by atoms with Gasteiger partial charge in [0.15, 0.2) is 5.82 Å². The van der Waals surface area contributed by atoms with E-state index < -0.39 is 0 Å². The van der Waals surface area contributed by atoms with Gasteiger partial charge in [0.2, 0.25) is 0 Å². The van der Waals surface area contributed by atoms with Gasteiger partial charge in [0.25, 0.3) is 0 Å². The van der Waals surface area contributed by atoms with Crippen molar-refractivity contribution in [1.29, 1.82) is 0 Å². The summed E-state index contributed by atoms with van der Waals surface area (Å²) in [5, 5.41) is 8.99. The summed E-state index contributed by atoms with van der Waals surface area (Å²) in [4.78, 5) is 0. The molecule has 4 rings (SSSR count). The summed E-state index contributed by atoms with van der Waals surface area (Å²) in [7, 11) is 0. The number of aromatic nitrogens is 3. The largest absolute Gasteiger partial charge is 0.399 e. The molecule has 1 aliphatic heterocycles. The van der Waals surface area contributed by atoms with E-state index in [4.69, 9.17) is 5.73 Å². The standard InChI is InChI=1S/C16H20N4/c17-13-7-6-11-8-9-20-15(12-4-2-1-3-5-12)18-19-16(20)14(11)10-13/h6-7,10,12H,1-5,8-9,17H2. The number of aryl methyl sites for hydroxylation is 1. The summed E-state index contributed by atoms with van der Waals surface area (Å²) in [6.45, 7) is 1.01. The van der Waals surface area contributed by atoms with Crippen LogP contribution in [0.1, 0.15) is 49.4 Å². The lowest BCUT2D eigenvalue weighted by Gasteiger charge is -2.24. The van der Waals surface area contributed by atoms with Crippen molar-refractivity contribution in [3.8, 4) is 11.4 Å². The van der Waals surface area contributed by atoms with Gasteiger partial charge in [-0.1, -0.05) is 25.3 Å². The van der Waals surface area contributed by atoms with E-state index in [1.54, 1.807) is 0 Å². The first kappa shape index (κ1) is 11.9. The van der Waals surface area contributed by atoms with E-state index in [0.29, 0.717) is 5.92 Å². The zero-order chi connectivity index (χ0) is 13.5.